The highest BCUT2D eigenvalue weighted by atomic mass is 79.9. The Labute approximate surface area is 106 Å². The van der Waals surface area contributed by atoms with Crippen LogP contribution in [-0.4, -0.2) is 18.2 Å². The van der Waals surface area contributed by atoms with E-state index in [0.29, 0.717) is 0 Å². The minimum absolute atomic E-state index is 0. The van der Waals surface area contributed by atoms with Crippen LogP contribution < -0.4 is 5.73 Å². The number of carbonyl (C=O) groups excluding carboxylic acids is 1. The molecular weight excluding hydrogens is 304 g/mol. The molecule has 0 spiro atoms. The van der Waals surface area contributed by atoms with Crippen molar-refractivity contribution in [2.75, 3.05) is 7.11 Å². The normalized spacial score (nSPS) is 11.5. The molecule has 1 aromatic carbocycles. The van der Waals surface area contributed by atoms with Crippen LogP contribution in [0, 0.1) is 5.82 Å². The second kappa shape index (κ2) is 6.03. The van der Waals surface area contributed by atoms with Crippen molar-refractivity contribution in [3.63, 3.8) is 0 Å². The van der Waals surface area contributed by atoms with Gasteiger partial charge in [-0.05, 0) is 28.1 Å². The summed E-state index contributed by atoms with van der Waals surface area (Å²) in [6, 6.07) is 0.854. The quantitative estimate of drug-likeness (QED) is 0.818. The minimum Gasteiger partial charge on any atom is -0.506 e. The van der Waals surface area contributed by atoms with Crippen LogP contribution in [0.1, 0.15) is 11.6 Å². The molecule has 3 N–H and O–H groups in total. The Morgan fingerprint density at radius 1 is 1.62 bits per heavy atom. The maximum atomic E-state index is 13.0. The Kier molecular flexibility index (Phi) is 5.71. The summed E-state index contributed by atoms with van der Waals surface area (Å²) in [5.41, 5.74) is 5.45. The van der Waals surface area contributed by atoms with E-state index < -0.39 is 17.8 Å². The lowest BCUT2D eigenvalue weighted by Gasteiger charge is -2.12. The molecular formula is C9H10BrClFNO3. The number of aromatic hydroxyl groups is 1. The van der Waals surface area contributed by atoms with E-state index in [1.807, 2.05) is 0 Å². The monoisotopic (exact) mass is 313 g/mol. The van der Waals surface area contributed by atoms with E-state index in [9.17, 15) is 14.3 Å². The minimum atomic E-state index is -1.21. The molecule has 1 rings (SSSR count). The number of halogens is 3. The van der Waals surface area contributed by atoms with Gasteiger partial charge in [-0.3, -0.25) is 4.79 Å². The Hall–Kier alpha value is -0.850. The van der Waals surface area contributed by atoms with E-state index >= 15 is 0 Å². The maximum absolute atomic E-state index is 13.0. The Morgan fingerprint density at radius 2 is 2.19 bits per heavy atom. The van der Waals surface area contributed by atoms with Crippen LogP contribution in [0.5, 0.6) is 5.75 Å². The predicted molar refractivity (Wildman–Crippen MR) is 62.0 cm³/mol. The fraction of sp³-hybridized carbons (Fsp3) is 0.222. The molecule has 16 heavy (non-hydrogen) atoms. The first-order chi connectivity index (χ1) is 6.97. The Balaban J connectivity index is 0.00000225. The van der Waals surface area contributed by atoms with Gasteiger partial charge in [-0.15, -0.1) is 12.4 Å². The molecule has 0 aromatic heterocycles. The van der Waals surface area contributed by atoms with E-state index in [0.717, 1.165) is 19.2 Å². The number of phenolic OH excluding ortho intramolecular Hbond substituents is 1. The second-order valence-corrected chi connectivity index (χ2v) is 3.68. The van der Waals surface area contributed by atoms with E-state index in [1.54, 1.807) is 0 Å². The summed E-state index contributed by atoms with van der Waals surface area (Å²) in [7, 11) is 1.16. The highest BCUT2D eigenvalue weighted by Gasteiger charge is 2.22. The van der Waals surface area contributed by atoms with Gasteiger partial charge in [-0.25, -0.2) is 4.39 Å². The van der Waals surface area contributed by atoms with Gasteiger partial charge in [0.1, 0.15) is 17.6 Å². The molecule has 0 saturated carbocycles. The molecule has 0 fully saturated rings. The van der Waals surface area contributed by atoms with Crippen LogP contribution in [-0.2, 0) is 9.53 Å². The van der Waals surface area contributed by atoms with Crippen molar-refractivity contribution >= 4 is 34.3 Å². The average molecular weight is 315 g/mol. The largest absolute Gasteiger partial charge is 0.506 e. The number of hydrogen-bond acceptors (Lipinski definition) is 4. The first kappa shape index (κ1) is 15.2. The Morgan fingerprint density at radius 3 is 2.69 bits per heavy atom. The van der Waals surface area contributed by atoms with Gasteiger partial charge in [0.05, 0.1) is 11.6 Å². The summed E-state index contributed by atoms with van der Waals surface area (Å²) in [6.45, 7) is 0. The molecule has 0 unspecified atom stereocenters. The number of benzene rings is 1. The van der Waals surface area contributed by atoms with Crippen molar-refractivity contribution in [1.29, 1.82) is 0 Å². The number of methoxy groups -OCH3 is 1. The summed E-state index contributed by atoms with van der Waals surface area (Å²) < 4.78 is 17.5. The van der Waals surface area contributed by atoms with E-state index in [4.69, 9.17) is 5.73 Å². The molecule has 0 bridgehead atoms. The maximum Gasteiger partial charge on any atom is 0.327 e. The second-order valence-electron chi connectivity index (χ2n) is 2.83. The third kappa shape index (κ3) is 3.07. The van der Waals surface area contributed by atoms with Gasteiger partial charge < -0.3 is 15.6 Å². The molecule has 4 nitrogen and oxygen atoms in total. The number of hydrogen-bond donors (Lipinski definition) is 2. The van der Waals surface area contributed by atoms with E-state index in [1.165, 1.54) is 0 Å². The van der Waals surface area contributed by atoms with Gasteiger partial charge in [0.2, 0.25) is 0 Å². The number of carbonyl (C=O) groups is 1. The van der Waals surface area contributed by atoms with Crippen molar-refractivity contribution in [3.05, 3.63) is 28.0 Å². The number of rotatable bonds is 2. The molecule has 90 valence electrons. The molecule has 0 aliphatic carbocycles. The van der Waals surface area contributed by atoms with Crippen LogP contribution in [0.2, 0.25) is 0 Å². The van der Waals surface area contributed by atoms with Gasteiger partial charge in [0, 0.05) is 5.56 Å². The predicted octanol–water partition coefficient (Wildman–Crippen LogP) is 1.89. The Bertz CT molecular complexity index is 403. The molecule has 0 heterocycles. The highest BCUT2D eigenvalue weighted by molar-refractivity contribution is 9.10. The smallest absolute Gasteiger partial charge is 0.327 e. The van der Waals surface area contributed by atoms with Gasteiger partial charge >= 0.3 is 5.97 Å². The van der Waals surface area contributed by atoms with Gasteiger partial charge in [-0.2, -0.15) is 0 Å². The lowest BCUT2D eigenvalue weighted by atomic mass is 10.1. The van der Waals surface area contributed by atoms with Crippen LogP contribution in [0.25, 0.3) is 0 Å². The number of ether oxygens (including phenoxy) is 1. The summed E-state index contributed by atoms with van der Waals surface area (Å²) in [5, 5.41) is 9.54. The van der Waals surface area contributed by atoms with Crippen LogP contribution in [0.15, 0.2) is 16.6 Å². The molecule has 1 atom stereocenters. The van der Waals surface area contributed by atoms with Crippen molar-refractivity contribution in [3.8, 4) is 5.75 Å². The van der Waals surface area contributed by atoms with Gasteiger partial charge in [0.25, 0.3) is 0 Å². The zero-order chi connectivity index (χ0) is 11.6. The van der Waals surface area contributed by atoms with Crippen LogP contribution in [0.3, 0.4) is 0 Å². The zero-order valence-corrected chi connectivity index (χ0v) is 10.6. The SMILES string of the molecule is COC(=O)[C@H](N)c1cc(F)cc(Br)c1O.Cl. The highest BCUT2D eigenvalue weighted by Crippen LogP contribution is 2.32. The average Bonchev–Trinajstić information content (AvgIpc) is 2.21. The lowest BCUT2D eigenvalue weighted by molar-refractivity contribution is -0.142. The van der Waals surface area contributed by atoms with Crippen molar-refractivity contribution < 1.29 is 19.0 Å². The molecule has 0 aliphatic rings. The first-order valence-corrected chi connectivity index (χ1v) is 4.78. The topological polar surface area (TPSA) is 72.5 Å². The standard InChI is InChI=1S/C9H9BrFNO3.ClH/c1-15-9(14)7(12)5-2-4(11)3-6(10)8(5)13;/h2-3,7,13H,12H2,1H3;1H/t7-;/m1./s1. The summed E-state index contributed by atoms with van der Waals surface area (Å²) >= 11 is 2.94. The third-order valence-electron chi connectivity index (χ3n) is 1.85. The number of esters is 1. The fourth-order valence-electron chi connectivity index (χ4n) is 1.08. The number of nitrogens with two attached hydrogens (primary N) is 1. The van der Waals surface area contributed by atoms with Crippen LogP contribution in [0.4, 0.5) is 4.39 Å². The molecule has 1 aromatic rings. The third-order valence-corrected chi connectivity index (χ3v) is 2.45. The van der Waals surface area contributed by atoms with E-state index in [-0.39, 0.29) is 28.2 Å². The summed E-state index contributed by atoms with van der Waals surface area (Å²) in [4.78, 5) is 11.1. The zero-order valence-electron chi connectivity index (χ0n) is 8.24. The van der Waals surface area contributed by atoms with Gasteiger partial charge in [-0.1, -0.05) is 0 Å². The molecule has 0 radical (unpaired) electrons. The molecule has 0 saturated heterocycles. The number of phenols is 1. The fourth-order valence-corrected chi connectivity index (χ4v) is 1.52. The summed E-state index contributed by atoms with van der Waals surface area (Å²) in [6.07, 6.45) is 0. The molecule has 0 amide bonds. The van der Waals surface area contributed by atoms with Crippen molar-refractivity contribution in [1.82, 2.24) is 0 Å². The lowest BCUT2D eigenvalue weighted by Crippen LogP contribution is -2.22. The molecule has 7 heteroatoms. The van der Waals surface area contributed by atoms with Crippen molar-refractivity contribution in [2.24, 2.45) is 5.73 Å². The van der Waals surface area contributed by atoms with Crippen LogP contribution >= 0.6 is 28.3 Å². The summed E-state index contributed by atoms with van der Waals surface area (Å²) in [5.74, 6) is -1.62. The van der Waals surface area contributed by atoms with E-state index in [2.05, 4.69) is 20.7 Å². The van der Waals surface area contributed by atoms with Crippen molar-refractivity contribution in [2.45, 2.75) is 6.04 Å². The van der Waals surface area contributed by atoms with Gasteiger partial charge in [0.15, 0.2) is 0 Å². The first-order valence-electron chi connectivity index (χ1n) is 3.98. The molecule has 0 aliphatic heterocycles.